The number of carbonyl (C=O) groups excluding carboxylic acids is 2. The molecule has 26 heavy (non-hydrogen) atoms. The first kappa shape index (κ1) is 20.0. The fraction of sp³-hybridized carbons (Fsp3) is 0.300. The van der Waals surface area contributed by atoms with Gasteiger partial charge in [0.1, 0.15) is 5.75 Å². The van der Waals surface area contributed by atoms with Gasteiger partial charge in [-0.25, -0.2) is 0 Å². The average molecular weight is 419 g/mol. The molecule has 0 atom stereocenters. The van der Waals surface area contributed by atoms with Crippen molar-refractivity contribution < 1.29 is 14.3 Å². The maximum absolute atomic E-state index is 12.3. The Morgan fingerprint density at radius 2 is 1.85 bits per heavy atom. The number of carbonyl (C=O) groups is 2. The van der Waals surface area contributed by atoms with Crippen LogP contribution < -0.4 is 15.4 Å². The largest absolute Gasteiger partial charge is 0.496 e. The first-order chi connectivity index (χ1) is 12.4. The topological polar surface area (TPSA) is 67.4 Å². The third-order valence-corrected chi connectivity index (χ3v) is 4.59. The van der Waals surface area contributed by atoms with E-state index in [2.05, 4.69) is 26.6 Å². The van der Waals surface area contributed by atoms with E-state index >= 15 is 0 Å². The van der Waals surface area contributed by atoms with Gasteiger partial charge in [0.05, 0.1) is 11.6 Å². The average Bonchev–Trinajstić information content (AvgIpc) is 2.62. The van der Waals surface area contributed by atoms with Gasteiger partial charge in [-0.1, -0.05) is 19.1 Å². The normalized spacial score (nSPS) is 10.3. The van der Waals surface area contributed by atoms with E-state index in [4.69, 9.17) is 4.74 Å². The zero-order chi connectivity index (χ0) is 19.1. The molecule has 2 aromatic rings. The van der Waals surface area contributed by atoms with Gasteiger partial charge in [0.25, 0.3) is 0 Å². The molecule has 0 saturated heterocycles. The Bertz CT molecular complexity index is 806. The molecule has 0 bridgehead atoms. The second-order valence-electron chi connectivity index (χ2n) is 5.95. The van der Waals surface area contributed by atoms with Crippen LogP contribution >= 0.6 is 15.9 Å². The van der Waals surface area contributed by atoms with E-state index in [0.717, 1.165) is 21.3 Å². The summed E-state index contributed by atoms with van der Waals surface area (Å²) in [5, 5.41) is 5.72. The molecule has 0 radical (unpaired) electrons. The van der Waals surface area contributed by atoms with E-state index in [1.807, 2.05) is 37.3 Å². The van der Waals surface area contributed by atoms with Crippen LogP contribution in [0, 0.1) is 6.92 Å². The van der Waals surface area contributed by atoms with Crippen molar-refractivity contribution >= 4 is 39.1 Å². The van der Waals surface area contributed by atoms with E-state index in [0.29, 0.717) is 30.6 Å². The number of aryl methyl sites for hydroxylation is 2. The Morgan fingerprint density at radius 1 is 1.08 bits per heavy atom. The van der Waals surface area contributed by atoms with Gasteiger partial charge in [-0.2, -0.15) is 0 Å². The molecule has 2 rings (SSSR count). The van der Waals surface area contributed by atoms with Crippen molar-refractivity contribution in [3.8, 4) is 5.75 Å². The summed E-state index contributed by atoms with van der Waals surface area (Å²) in [4.78, 5) is 23.8. The molecular formula is C20H23BrN2O3. The molecular weight excluding hydrogens is 396 g/mol. The van der Waals surface area contributed by atoms with Gasteiger partial charge >= 0.3 is 0 Å². The Kier molecular flexibility index (Phi) is 7.21. The number of hydrogen-bond donors (Lipinski definition) is 2. The molecule has 6 heteroatoms. The van der Waals surface area contributed by atoms with E-state index < -0.39 is 0 Å². The van der Waals surface area contributed by atoms with Gasteiger partial charge in [-0.3, -0.25) is 9.59 Å². The van der Waals surface area contributed by atoms with E-state index in [1.165, 1.54) is 0 Å². The highest BCUT2D eigenvalue weighted by atomic mass is 79.9. The lowest BCUT2D eigenvalue weighted by atomic mass is 10.1. The van der Waals surface area contributed by atoms with Crippen molar-refractivity contribution in [3.63, 3.8) is 0 Å². The van der Waals surface area contributed by atoms with Crippen molar-refractivity contribution in [1.82, 2.24) is 0 Å². The molecule has 2 amide bonds. The number of rotatable bonds is 7. The monoisotopic (exact) mass is 418 g/mol. The van der Waals surface area contributed by atoms with Crippen molar-refractivity contribution in [2.75, 3.05) is 17.7 Å². The molecule has 0 fully saturated rings. The van der Waals surface area contributed by atoms with Crippen LogP contribution in [0.15, 0.2) is 40.9 Å². The summed E-state index contributed by atoms with van der Waals surface area (Å²) in [6.07, 6.45) is 1.40. The van der Waals surface area contributed by atoms with Gasteiger partial charge in [0, 0.05) is 24.2 Å². The third-order valence-electron chi connectivity index (χ3n) is 3.97. The van der Waals surface area contributed by atoms with Crippen LogP contribution in [0.25, 0.3) is 0 Å². The lowest BCUT2D eigenvalue weighted by molar-refractivity contribution is -0.116. The van der Waals surface area contributed by atoms with Gasteiger partial charge in [-0.15, -0.1) is 0 Å². The Balaban J connectivity index is 1.98. The first-order valence-electron chi connectivity index (χ1n) is 8.45. The number of hydrogen-bond acceptors (Lipinski definition) is 3. The number of methoxy groups -OCH3 is 1. The van der Waals surface area contributed by atoms with Crippen molar-refractivity contribution in [1.29, 1.82) is 0 Å². The van der Waals surface area contributed by atoms with Crippen LogP contribution in [0.2, 0.25) is 0 Å². The summed E-state index contributed by atoms with van der Waals surface area (Å²) < 4.78 is 6.08. The molecule has 138 valence electrons. The number of anilines is 2. The smallest absolute Gasteiger partial charge is 0.224 e. The lowest BCUT2D eigenvalue weighted by Gasteiger charge is -2.12. The molecule has 0 aliphatic heterocycles. The maximum Gasteiger partial charge on any atom is 0.224 e. The third kappa shape index (κ3) is 5.59. The highest BCUT2D eigenvalue weighted by Crippen LogP contribution is 2.26. The molecule has 0 heterocycles. The molecule has 0 aromatic heterocycles. The van der Waals surface area contributed by atoms with Crippen LogP contribution in [0.1, 0.15) is 30.9 Å². The van der Waals surface area contributed by atoms with E-state index in [1.54, 1.807) is 20.1 Å². The Morgan fingerprint density at radius 3 is 2.50 bits per heavy atom. The summed E-state index contributed by atoms with van der Waals surface area (Å²) in [6.45, 7) is 3.71. The summed E-state index contributed by atoms with van der Waals surface area (Å²) in [7, 11) is 1.62. The lowest BCUT2D eigenvalue weighted by Crippen LogP contribution is -2.14. The number of halogens is 1. The number of benzene rings is 2. The maximum atomic E-state index is 12.3. The predicted octanol–water partition coefficient (Wildman–Crippen LogP) is 4.69. The Hall–Kier alpha value is -2.34. The van der Waals surface area contributed by atoms with Crippen molar-refractivity contribution in [3.05, 3.63) is 52.0 Å². The minimum Gasteiger partial charge on any atom is -0.496 e. The van der Waals surface area contributed by atoms with Crippen molar-refractivity contribution in [2.45, 2.75) is 33.1 Å². The summed E-state index contributed by atoms with van der Waals surface area (Å²) in [5.41, 5.74) is 3.38. The van der Waals surface area contributed by atoms with E-state index in [9.17, 15) is 9.59 Å². The highest BCUT2D eigenvalue weighted by molar-refractivity contribution is 9.10. The van der Waals surface area contributed by atoms with Gasteiger partial charge in [-0.05, 0) is 64.7 Å². The fourth-order valence-corrected chi connectivity index (χ4v) is 3.01. The second-order valence-corrected chi connectivity index (χ2v) is 6.80. The number of nitrogens with one attached hydrogen (secondary N) is 2. The fourth-order valence-electron chi connectivity index (χ4n) is 2.42. The van der Waals surface area contributed by atoms with Gasteiger partial charge in [0.2, 0.25) is 11.8 Å². The SMILES string of the molecule is CCC(=O)Nc1ccc(C)c(NC(=O)CCc2ccc(OC)c(Br)c2)c1. The first-order valence-corrected chi connectivity index (χ1v) is 9.25. The Labute approximate surface area is 162 Å². The van der Waals surface area contributed by atoms with Crippen LogP contribution in [0.3, 0.4) is 0 Å². The standard InChI is InChI=1S/C20H23BrN2O3/c1-4-19(24)22-15-8-5-13(2)17(12-15)23-20(25)10-7-14-6-9-18(26-3)16(21)11-14/h5-6,8-9,11-12H,4,7,10H2,1-3H3,(H,22,24)(H,23,25). The van der Waals surface area contributed by atoms with Crippen LogP contribution in [-0.4, -0.2) is 18.9 Å². The van der Waals surface area contributed by atoms with E-state index in [-0.39, 0.29) is 11.8 Å². The molecule has 0 aliphatic carbocycles. The number of ether oxygens (including phenoxy) is 1. The zero-order valence-electron chi connectivity index (χ0n) is 15.2. The molecule has 2 N–H and O–H groups in total. The molecule has 0 unspecified atom stereocenters. The van der Waals surface area contributed by atoms with Crippen LogP contribution in [0.5, 0.6) is 5.75 Å². The second kappa shape index (κ2) is 9.38. The van der Waals surface area contributed by atoms with Gasteiger partial charge in [0.15, 0.2) is 0 Å². The molecule has 0 aliphatic rings. The van der Waals surface area contributed by atoms with Crippen molar-refractivity contribution in [2.24, 2.45) is 0 Å². The minimum atomic E-state index is -0.0704. The summed E-state index contributed by atoms with van der Waals surface area (Å²) >= 11 is 3.45. The molecule has 5 nitrogen and oxygen atoms in total. The number of amides is 2. The molecule has 0 saturated carbocycles. The minimum absolute atomic E-state index is 0.0591. The van der Waals surface area contributed by atoms with Crippen LogP contribution in [-0.2, 0) is 16.0 Å². The van der Waals surface area contributed by atoms with Gasteiger partial charge < -0.3 is 15.4 Å². The summed E-state index contributed by atoms with van der Waals surface area (Å²) in [5.74, 6) is 0.634. The highest BCUT2D eigenvalue weighted by Gasteiger charge is 2.09. The predicted molar refractivity (Wildman–Crippen MR) is 108 cm³/mol. The summed E-state index contributed by atoms with van der Waals surface area (Å²) in [6, 6.07) is 11.3. The quantitative estimate of drug-likeness (QED) is 0.685. The molecule has 2 aromatic carbocycles. The van der Waals surface area contributed by atoms with Crippen LogP contribution in [0.4, 0.5) is 11.4 Å². The molecule has 0 spiro atoms. The zero-order valence-corrected chi connectivity index (χ0v) is 16.8.